The highest BCUT2D eigenvalue weighted by molar-refractivity contribution is 7.13. The molecule has 118 valence electrons. The van der Waals surface area contributed by atoms with E-state index >= 15 is 0 Å². The van der Waals surface area contributed by atoms with E-state index in [0.29, 0.717) is 0 Å². The van der Waals surface area contributed by atoms with Crippen molar-refractivity contribution in [2.45, 2.75) is 45.7 Å². The van der Waals surface area contributed by atoms with Crippen LogP contribution in [0.25, 0.3) is 0 Å². The van der Waals surface area contributed by atoms with E-state index in [1.165, 1.54) is 0 Å². The Labute approximate surface area is 131 Å². The molecule has 0 bridgehead atoms. The van der Waals surface area contributed by atoms with Crippen molar-refractivity contribution >= 4 is 22.4 Å². The first kappa shape index (κ1) is 16.2. The molecule has 0 spiro atoms. The number of thiazole rings is 1. The number of rotatable bonds is 3. The third kappa shape index (κ3) is 4.68. The van der Waals surface area contributed by atoms with Gasteiger partial charge in [-0.05, 0) is 34.1 Å². The quantitative estimate of drug-likeness (QED) is 0.927. The molecule has 0 saturated carbocycles. The summed E-state index contributed by atoms with van der Waals surface area (Å²) in [4.78, 5) is 21.3. The molecule has 1 aliphatic rings. The topological polar surface area (TPSA) is 48.5 Å². The first-order chi connectivity index (χ1) is 9.87. The number of nitrogens with one attached hydrogen (secondary N) is 1. The van der Waals surface area contributed by atoms with E-state index in [0.717, 1.165) is 37.7 Å². The largest absolute Gasteiger partial charge is 0.350 e. The average Bonchev–Trinajstić information content (AvgIpc) is 2.81. The number of aromatic nitrogens is 1. The average molecular weight is 310 g/mol. The molecule has 1 aromatic heterocycles. The minimum absolute atomic E-state index is 0.0829. The lowest BCUT2D eigenvalue weighted by Crippen LogP contribution is -2.51. The molecule has 0 aliphatic carbocycles. The van der Waals surface area contributed by atoms with Crippen LogP contribution in [0.2, 0.25) is 0 Å². The van der Waals surface area contributed by atoms with Gasteiger partial charge in [-0.3, -0.25) is 9.69 Å². The molecule has 1 aliphatic heterocycles. The van der Waals surface area contributed by atoms with Crippen molar-refractivity contribution in [3.63, 3.8) is 0 Å². The Kier molecular flexibility index (Phi) is 5.22. The fraction of sp³-hybridized carbons (Fsp3) is 0.733. The number of nitrogens with zero attached hydrogens (tertiary/aromatic N) is 3. The Morgan fingerprint density at radius 3 is 2.71 bits per heavy atom. The highest BCUT2D eigenvalue weighted by atomic mass is 32.1. The zero-order valence-electron chi connectivity index (χ0n) is 13.4. The number of carbonyl (C=O) groups excluding carboxylic acids is 1. The molecule has 0 radical (unpaired) electrons. The van der Waals surface area contributed by atoms with E-state index in [9.17, 15) is 4.79 Å². The van der Waals surface area contributed by atoms with Crippen molar-refractivity contribution in [3.8, 4) is 0 Å². The van der Waals surface area contributed by atoms with Gasteiger partial charge in [0.25, 0.3) is 0 Å². The van der Waals surface area contributed by atoms with Gasteiger partial charge in [-0.25, -0.2) is 4.98 Å². The highest BCUT2D eigenvalue weighted by Gasteiger charge is 2.26. The van der Waals surface area contributed by atoms with Crippen molar-refractivity contribution in [1.82, 2.24) is 15.2 Å². The molecule has 5 nitrogen and oxygen atoms in total. The first-order valence-electron chi connectivity index (χ1n) is 7.57. The fourth-order valence-corrected chi connectivity index (χ4v) is 3.22. The van der Waals surface area contributed by atoms with Gasteiger partial charge in [0.15, 0.2) is 5.13 Å². The van der Waals surface area contributed by atoms with Gasteiger partial charge in [-0.15, -0.1) is 11.3 Å². The maximum Gasteiger partial charge on any atom is 0.237 e. The van der Waals surface area contributed by atoms with Gasteiger partial charge in [-0.1, -0.05) is 0 Å². The second-order valence-corrected chi connectivity index (χ2v) is 7.48. The van der Waals surface area contributed by atoms with Gasteiger partial charge in [-0.2, -0.15) is 0 Å². The molecular weight excluding hydrogens is 284 g/mol. The number of anilines is 1. The van der Waals surface area contributed by atoms with Crippen LogP contribution in [0.5, 0.6) is 0 Å². The molecule has 21 heavy (non-hydrogen) atoms. The Morgan fingerprint density at radius 1 is 1.33 bits per heavy atom. The third-order valence-corrected chi connectivity index (χ3v) is 4.48. The summed E-state index contributed by atoms with van der Waals surface area (Å²) >= 11 is 1.68. The summed E-state index contributed by atoms with van der Waals surface area (Å²) in [6.07, 6.45) is 2.91. The summed E-state index contributed by atoms with van der Waals surface area (Å²) in [5, 5.41) is 6.17. The van der Waals surface area contributed by atoms with Crippen molar-refractivity contribution in [2.24, 2.45) is 0 Å². The zero-order chi connectivity index (χ0) is 15.5. The van der Waals surface area contributed by atoms with Crippen LogP contribution in [0.1, 0.15) is 34.1 Å². The predicted molar refractivity (Wildman–Crippen MR) is 87.9 cm³/mol. The monoisotopic (exact) mass is 310 g/mol. The molecule has 1 amide bonds. The number of hydrogen-bond donors (Lipinski definition) is 1. The fourth-order valence-electron chi connectivity index (χ4n) is 2.53. The maximum absolute atomic E-state index is 12.3. The van der Waals surface area contributed by atoms with Gasteiger partial charge < -0.3 is 10.2 Å². The maximum atomic E-state index is 12.3. The number of hydrogen-bond acceptors (Lipinski definition) is 5. The van der Waals surface area contributed by atoms with E-state index < -0.39 is 0 Å². The Bertz CT molecular complexity index is 455. The zero-order valence-corrected chi connectivity index (χ0v) is 14.2. The lowest BCUT2D eigenvalue weighted by molar-refractivity contribution is -0.127. The standard InChI is InChI=1S/C15H26N4OS/c1-12(13(20)17-15(2,3)4)18-7-5-8-19(10-9-18)14-16-6-11-21-14/h6,11-12H,5,7-10H2,1-4H3,(H,17,20)/t12-/m1/s1. The minimum Gasteiger partial charge on any atom is -0.350 e. The van der Waals surface area contributed by atoms with Gasteiger partial charge in [0, 0.05) is 43.3 Å². The molecule has 0 unspecified atom stereocenters. The van der Waals surface area contributed by atoms with E-state index in [-0.39, 0.29) is 17.5 Å². The Balaban J connectivity index is 1.91. The summed E-state index contributed by atoms with van der Waals surface area (Å²) in [6, 6.07) is -0.0829. The molecule has 1 N–H and O–H groups in total. The van der Waals surface area contributed by atoms with Crippen LogP contribution in [0.15, 0.2) is 11.6 Å². The van der Waals surface area contributed by atoms with Crippen LogP contribution < -0.4 is 10.2 Å². The molecule has 1 fully saturated rings. The Morgan fingerprint density at radius 2 is 2.10 bits per heavy atom. The van der Waals surface area contributed by atoms with Crippen LogP contribution in [0, 0.1) is 0 Å². The van der Waals surface area contributed by atoms with Crippen LogP contribution in [0.4, 0.5) is 5.13 Å². The molecule has 0 aromatic carbocycles. The number of carbonyl (C=O) groups is 1. The molecular formula is C15H26N4OS. The lowest BCUT2D eigenvalue weighted by Gasteiger charge is -2.30. The van der Waals surface area contributed by atoms with Crippen molar-refractivity contribution < 1.29 is 4.79 Å². The number of amides is 1. The summed E-state index contributed by atoms with van der Waals surface area (Å²) in [7, 11) is 0. The highest BCUT2D eigenvalue weighted by Crippen LogP contribution is 2.19. The van der Waals surface area contributed by atoms with Gasteiger partial charge in [0.1, 0.15) is 0 Å². The molecule has 2 heterocycles. The van der Waals surface area contributed by atoms with Crippen LogP contribution in [-0.4, -0.2) is 53.6 Å². The summed E-state index contributed by atoms with van der Waals surface area (Å²) in [5.74, 6) is 0.116. The predicted octanol–water partition coefficient (Wildman–Crippen LogP) is 1.96. The smallest absolute Gasteiger partial charge is 0.237 e. The summed E-state index contributed by atoms with van der Waals surface area (Å²) < 4.78 is 0. The van der Waals surface area contributed by atoms with Crippen molar-refractivity contribution in [3.05, 3.63) is 11.6 Å². The SMILES string of the molecule is C[C@H](C(=O)NC(C)(C)C)N1CCCN(c2nccs2)CC1. The normalized spacial score (nSPS) is 19.1. The van der Waals surface area contributed by atoms with Crippen LogP contribution in [0.3, 0.4) is 0 Å². The summed E-state index contributed by atoms with van der Waals surface area (Å²) in [5.41, 5.74) is -0.176. The van der Waals surface area contributed by atoms with E-state index in [4.69, 9.17) is 0 Å². The van der Waals surface area contributed by atoms with Gasteiger partial charge >= 0.3 is 0 Å². The molecule has 6 heteroatoms. The van der Waals surface area contributed by atoms with Gasteiger partial charge in [0.05, 0.1) is 6.04 Å². The third-order valence-electron chi connectivity index (χ3n) is 3.65. The Hall–Kier alpha value is -1.14. The van der Waals surface area contributed by atoms with Gasteiger partial charge in [0.2, 0.25) is 5.91 Å². The second-order valence-electron chi connectivity index (χ2n) is 6.61. The first-order valence-corrected chi connectivity index (χ1v) is 8.45. The van der Waals surface area contributed by atoms with E-state index in [1.807, 2.05) is 39.3 Å². The summed E-state index contributed by atoms with van der Waals surface area (Å²) in [6.45, 7) is 11.9. The van der Waals surface area contributed by atoms with E-state index in [2.05, 4.69) is 20.1 Å². The van der Waals surface area contributed by atoms with Crippen LogP contribution >= 0.6 is 11.3 Å². The minimum atomic E-state index is -0.176. The second kappa shape index (κ2) is 6.75. The van der Waals surface area contributed by atoms with Crippen molar-refractivity contribution in [1.29, 1.82) is 0 Å². The van der Waals surface area contributed by atoms with E-state index in [1.54, 1.807) is 11.3 Å². The molecule has 1 aromatic rings. The lowest BCUT2D eigenvalue weighted by atomic mass is 10.1. The molecule has 1 saturated heterocycles. The van der Waals surface area contributed by atoms with Crippen LogP contribution in [-0.2, 0) is 4.79 Å². The molecule has 1 atom stereocenters. The molecule has 2 rings (SSSR count). The van der Waals surface area contributed by atoms with Crippen molar-refractivity contribution in [2.75, 3.05) is 31.1 Å².